The molecule has 0 amide bonds. The summed E-state index contributed by atoms with van der Waals surface area (Å²) >= 11 is 3.41. The van der Waals surface area contributed by atoms with Crippen LogP contribution >= 0.6 is 15.9 Å². The van der Waals surface area contributed by atoms with Gasteiger partial charge in [-0.1, -0.05) is 11.6 Å². The molecular formula is C15H14BrN3O. The largest absolute Gasteiger partial charge is 0.493 e. The predicted molar refractivity (Wildman–Crippen MR) is 82.0 cm³/mol. The molecule has 0 bridgehead atoms. The molecule has 3 aromatic rings. The Kier molecular flexibility index (Phi) is 3.44. The molecule has 102 valence electrons. The van der Waals surface area contributed by atoms with Crippen LogP contribution in [0, 0.1) is 6.92 Å². The molecule has 1 aromatic carbocycles. The summed E-state index contributed by atoms with van der Waals surface area (Å²) < 4.78 is 8.51. The second kappa shape index (κ2) is 5.25. The topological polar surface area (TPSA) is 39.4 Å². The molecule has 0 radical (unpaired) electrons. The SMILES string of the molecule is CCOc1ccc(C)cc1-c1cn2cc(Br)cnc2n1. The number of imidazole rings is 1. The zero-order chi connectivity index (χ0) is 14.1. The first-order chi connectivity index (χ1) is 9.67. The van der Waals surface area contributed by atoms with E-state index in [0.717, 1.165) is 21.5 Å². The normalized spacial score (nSPS) is 10.9. The molecule has 0 saturated carbocycles. The summed E-state index contributed by atoms with van der Waals surface area (Å²) in [5, 5.41) is 0. The number of hydrogen-bond donors (Lipinski definition) is 0. The van der Waals surface area contributed by atoms with Gasteiger partial charge in [-0.05, 0) is 41.9 Å². The van der Waals surface area contributed by atoms with E-state index in [1.165, 1.54) is 5.56 Å². The second-order valence-corrected chi connectivity index (χ2v) is 5.45. The van der Waals surface area contributed by atoms with Gasteiger partial charge < -0.3 is 4.74 Å². The third kappa shape index (κ3) is 2.41. The average Bonchev–Trinajstić information content (AvgIpc) is 2.83. The van der Waals surface area contributed by atoms with Crippen LogP contribution in [0.2, 0.25) is 0 Å². The van der Waals surface area contributed by atoms with E-state index in [4.69, 9.17) is 4.74 Å². The lowest BCUT2D eigenvalue weighted by Crippen LogP contribution is -1.94. The molecule has 4 nitrogen and oxygen atoms in total. The summed E-state index contributed by atoms with van der Waals surface area (Å²) in [7, 11) is 0. The van der Waals surface area contributed by atoms with Crippen LogP contribution in [0.1, 0.15) is 12.5 Å². The molecule has 0 spiro atoms. The first kappa shape index (κ1) is 13.1. The highest BCUT2D eigenvalue weighted by atomic mass is 79.9. The van der Waals surface area contributed by atoms with Crippen LogP contribution in [0.3, 0.4) is 0 Å². The molecule has 0 saturated heterocycles. The number of benzene rings is 1. The summed E-state index contributed by atoms with van der Waals surface area (Å²) in [6.07, 6.45) is 5.64. The zero-order valence-corrected chi connectivity index (χ0v) is 12.9. The Hall–Kier alpha value is -1.88. The lowest BCUT2D eigenvalue weighted by molar-refractivity contribution is 0.341. The molecule has 0 aliphatic carbocycles. The van der Waals surface area contributed by atoms with E-state index < -0.39 is 0 Å². The van der Waals surface area contributed by atoms with Crippen molar-refractivity contribution in [2.75, 3.05) is 6.61 Å². The molecule has 2 heterocycles. The van der Waals surface area contributed by atoms with Gasteiger partial charge in [0.05, 0.1) is 16.8 Å². The number of fused-ring (bicyclic) bond motifs is 1. The van der Waals surface area contributed by atoms with Crippen molar-refractivity contribution in [3.8, 4) is 17.0 Å². The van der Waals surface area contributed by atoms with E-state index in [-0.39, 0.29) is 0 Å². The van der Waals surface area contributed by atoms with Crippen LogP contribution in [0.5, 0.6) is 5.75 Å². The van der Waals surface area contributed by atoms with Crippen molar-refractivity contribution >= 4 is 21.7 Å². The van der Waals surface area contributed by atoms with Crippen molar-refractivity contribution in [1.29, 1.82) is 0 Å². The highest BCUT2D eigenvalue weighted by Gasteiger charge is 2.11. The molecular weight excluding hydrogens is 318 g/mol. The third-order valence-corrected chi connectivity index (χ3v) is 3.40. The number of hydrogen-bond acceptors (Lipinski definition) is 3. The Balaban J connectivity index is 2.16. The van der Waals surface area contributed by atoms with E-state index in [1.54, 1.807) is 6.20 Å². The van der Waals surface area contributed by atoms with E-state index in [9.17, 15) is 0 Å². The van der Waals surface area contributed by atoms with Gasteiger partial charge in [0.1, 0.15) is 5.75 Å². The fourth-order valence-corrected chi connectivity index (χ4v) is 2.44. The van der Waals surface area contributed by atoms with Gasteiger partial charge in [-0.25, -0.2) is 9.97 Å². The van der Waals surface area contributed by atoms with Crippen LogP contribution in [-0.4, -0.2) is 21.0 Å². The highest BCUT2D eigenvalue weighted by Crippen LogP contribution is 2.30. The molecule has 0 atom stereocenters. The van der Waals surface area contributed by atoms with Crippen molar-refractivity contribution in [2.45, 2.75) is 13.8 Å². The second-order valence-electron chi connectivity index (χ2n) is 4.54. The minimum atomic E-state index is 0.632. The van der Waals surface area contributed by atoms with Gasteiger partial charge in [0.25, 0.3) is 0 Å². The van der Waals surface area contributed by atoms with E-state index >= 15 is 0 Å². The lowest BCUT2D eigenvalue weighted by Gasteiger charge is -2.08. The lowest BCUT2D eigenvalue weighted by atomic mass is 10.1. The van der Waals surface area contributed by atoms with Crippen LogP contribution in [0.25, 0.3) is 17.0 Å². The third-order valence-electron chi connectivity index (χ3n) is 2.99. The van der Waals surface area contributed by atoms with Crippen molar-refractivity contribution in [3.63, 3.8) is 0 Å². The van der Waals surface area contributed by atoms with Crippen molar-refractivity contribution < 1.29 is 4.74 Å². The van der Waals surface area contributed by atoms with Crippen molar-refractivity contribution in [1.82, 2.24) is 14.4 Å². The first-order valence-corrected chi connectivity index (χ1v) is 7.20. The Bertz CT molecular complexity index is 767. The van der Waals surface area contributed by atoms with Crippen LogP contribution < -0.4 is 4.74 Å². The quantitative estimate of drug-likeness (QED) is 0.731. The van der Waals surface area contributed by atoms with Gasteiger partial charge in [-0.15, -0.1) is 0 Å². The minimum absolute atomic E-state index is 0.632. The summed E-state index contributed by atoms with van der Waals surface area (Å²) in [6, 6.07) is 6.11. The Morgan fingerprint density at radius 3 is 2.95 bits per heavy atom. The average molecular weight is 332 g/mol. The fraction of sp³-hybridized carbons (Fsp3) is 0.200. The summed E-state index contributed by atoms with van der Waals surface area (Å²) in [6.45, 7) is 4.67. The molecule has 0 unspecified atom stereocenters. The van der Waals surface area contributed by atoms with Gasteiger partial charge >= 0.3 is 0 Å². The van der Waals surface area contributed by atoms with Crippen LogP contribution in [0.4, 0.5) is 0 Å². The molecule has 3 rings (SSSR count). The summed E-state index contributed by atoms with van der Waals surface area (Å²) in [5.41, 5.74) is 3.03. The summed E-state index contributed by atoms with van der Waals surface area (Å²) in [5.74, 6) is 1.52. The molecule has 5 heteroatoms. The van der Waals surface area contributed by atoms with Gasteiger partial charge in [0.15, 0.2) is 0 Å². The number of rotatable bonds is 3. The number of ether oxygens (including phenoxy) is 1. The minimum Gasteiger partial charge on any atom is -0.493 e. The Morgan fingerprint density at radius 1 is 1.30 bits per heavy atom. The number of nitrogens with zero attached hydrogens (tertiary/aromatic N) is 3. The van der Waals surface area contributed by atoms with Crippen LogP contribution in [0.15, 0.2) is 41.3 Å². The zero-order valence-electron chi connectivity index (χ0n) is 11.3. The highest BCUT2D eigenvalue weighted by molar-refractivity contribution is 9.10. The Morgan fingerprint density at radius 2 is 2.15 bits per heavy atom. The van der Waals surface area contributed by atoms with Crippen molar-refractivity contribution in [2.24, 2.45) is 0 Å². The fourth-order valence-electron chi connectivity index (χ4n) is 2.12. The number of aromatic nitrogens is 3. The van der Waals surface area contributed by atoms with Gasteiger partial charge in [-0.2, -0.15) is 0 Å². The number of aryl methyl sites for hydroxylation is 1. The molecule has 0 aliphatic heterocycles. The standard InChI is InChI=1S/C15H14BrN3O/c1-3-20-14-5-4-10(2)6-12(14)13-9-19-8-11(16)7-17-15(19)18-13/h4-9H,3H2,1-2H3. The summed E-state index contributed by atoms with van der Waals surface area (Å²) in [4.78, 5) is 8.85. The first-order valence-electron chi connectivity index (χ1n) is 6.41. The molecule has 0 aliphatic rings. The Labute approximate surface area is 125 Å². The smallest absolute Gasteiger partial charge is 0.234 e. The molecule has 0 fully saturated rings. The van der Waals surface area contributed by atoms with Crippen LogP contribution in [-0.2, 0) is 0 Å². The molecule has 20 heavy (non-hydrogen) atoms. The van der Waals surface area contributed by atoms with Gasteiger partial charge in [-0.3, -0.25) is 4.40 Å². The number of halogens is 1. The van der Waals surface area contributed by atoms with E-state index in [0.29, 0.717) is 12.4 Å². The predicted octanol–water partition coefficient (Wildman–Crippen LogP) is 3.87. The van der Waals surface area contributed by atoms with E-state index in [1.807, 2.05) is 35.9 Å². The molecule has 0 N–H and O–H groups in total. The monoisotopic (exact) mass is 331 g/mol. The van der Waals surface area contributed by atoms with E-state index in [2.05, 4.69) is 38.9 Å². The maximum atomic E-state index is 5.69. The maximum absolute atomic E-state index is 5.69. The molecule has 2 aromatic heterocycles. The van der Waals surface area contributed by atoms with Crippen molar-refractivity contribution in [3.05, 3.63) is 46.8 Å². The maximum Gasteiger partial charge on any atom is 0.234 e. The van der Waals surface area contributed by atoms with Gasteiger partial charge in [0, 0.05) is 24.2 Å². The van der Waals surface area contributed by atoms with Gasteiger partial charge in [0.2, 0.25) is 5.78 Å².